The number of carbonyl (C=O) groups is 3. The number of Topliss-reactive ketones (excluding diaryl/α,β-unsaturated/α-hetero) is 2. The number of nitrogens with zero attached hydrogens (tertiary/aromatic N) is 2. The molecule has 4 atom stereocenters. The minimum Gasteiger partial charge on any atom is -0.510 e. The summed E-state index contributed by atoms with van der Waals surface area (Å²) in [6.07, 6.45) is -2.88. The molecule has 1 aromatic carbocycles. The van der Waals surface area contributed by atoms with E-state index in [9.17, 15) is 48.0 Å². The summed E-state index contributed by atoms with van der Waals surface area (Å²) >= 11 is 0. The predicted molar refractivity (Wildman–Crippen MR) is 147 cm³/mol. The fourth-order valence-corrected chi connectivity index (χ4v) is 7.33. The van der Waals surface area contributed by atoms with Crippen molar-refractivity contribution in [2.45, 2.75) is 63.4 Å². The third-order valence-corrected chi connectivity index (χ3v) is 9.24. The van der Waals surface area contributed by atoms with Crippen LogP contribution in [-0.4, -0.2) is 86.5 Å². The zero-order valence-corrected chi connectivity index (χ0v) is 24.2. The van der Waals surface area contributed by atoms with E-state index in [0.717, 1.165) is 18.9 Å². The summed E-state index contributed by atoms with van der Waals surface area (Å²) < 4.78 is 44.3. The van der Waals surface area contributed by atoms with Crippen LogP contribution in [0.1, 0.15) is 59.7 Å². The number of primary amides is 1. The Morgan fingerprint density at radius 1 is 1.16 bits per heavy atom. The molecule has 1 aromatic rings. The molecule has 10 nitrogen and oxygen atoms in total. The minimum absolute atomic E-state index is 0.0824. The minimum atomic E-state index is -4.88. The van der Waals surface area contributed by atoms with Crippen molar-refractivity contribution in [1.29, 1.82) is 0 Å². The number of phenols is 1. The smallest absolute Gasteiger partial charge is 0.417 e. The zero-order chi connectivity index (χ0) is 31.8. The Kier molecular flexibility index (Phi) is 7.67. The molecule has 0 aromatic heterocycles. The van der Waals surface area contributed by atoms with E-state index in [-0.39, 0.29) is 18.5 Å². The number of nitrogens with two attached hydrogens (primary N) is 1. The van der Waals surface area contributed by atoms with Crippen LogP contribution in [0.2, 0.25) is 0 Å². The third kappa shape index (κ3) is 4.91. The van der Waals surface area contributed by atoms with E-state index in [1.54, 1.807) is 0 Å². The van der Waals surface area contributed by atoms with Crippen LogP contribution in [0.5, 0.6) is 5.75 Å². The molecule has 6 N–H and O–H groups in total. The molecule has 1 saturated carbocycles. The number of hydrogen-bond donors (Lipinski definition) is 5. The topological polar surface area (TPSA) is 165 Å². The fraction of sp³-hybridized carbons (Fsp3) is 0.567. The van der Waals surface area contributed by atoms with Crippen molar-refractivity contribution in [2.24, 2.45) is 23.5 Å². The molecule has 0 heterocycles. The molecule has 0 unspecified atom stereocenters. The summed E-state index contributed by atoms with van der Waals surface area (Å²) in [5, 5.41) is 44.9. The molecular weight excluding hydrogens is 571 g/mol. The summed E-state index contributed by atoms with van der Waals surface area (Å²) in [5.74, 6) is -8.51. The second kappa shape index (κ2) is 10.6. The second-order valence-electron chi connectivity index (χ2n) is 12.4. The number of amides is 1. The number of ketones is 2. The molecule has 0 bridgehead atoms. The summed E-state index contributed by atoms with van der Waals surface area (Å²) in [6, 6.07) is -0.301. The highest BCUT2D eigenvalue weighted by atomic mass is 19.4. The van der Waals surface area contributed by atoms with Gasteiger partial charge < -0.3 is 26.2 Å². The number of halogens is 3. The molecule has 0 spiro atoms. The van der Waals surface area contributed by atoms with Crippen LogP contribution in [0.3, 0.4) is 0 Å². The van der Waals surface area contributed by atoms with Gasteiger partial charge in [-0.05, 0) is 81.8 Å². The van der Waals surface area contributed by atoms with Crippen LogP contribution in [0.25, 0.3) is 0 Å². The quantitative estimate of drug-likeness (QED) is 0.280. The third-order valence-electron chi connectivity index (χ3n) is 9.24. The van der Waals surface area contributed by atoms with Crippen LogP contribution in [0.4, 0.5) is 13.2 Å². The SMILES string of the molecule is CCCN(Cc1cc(O)c2c(c1C(F)(F)F)C[C@H]1C[C@H]3[C@H](N(C)C)C(O)=C(C(N)=O)C(=O)[C@@]3(O)C(O)=C1C2=O)CC1CC1. The van der Waals surface area contributed by atoms with Crippen molar-refractivity contribution in [3.63, 3.8) is 0 Å². The van der Waals surface area contributed by atoms with Gasteiger partial charge in [0.1, 0.15) is 22.8 Å². The van der Waals surface area contributed by atoms with Crippen LogP contribution in [0.15, 0.2) is 28.7 Å². The van der Waals surface area contributed by atoms with Gasteiger partial charge in [-0.3, -0.25) is 24.2 Å². The van der Waals surface area contributed by atoms with Crippen molar-refractivity contribution < 1.29 is 48.0 Å². The first kappa shape index (κ1) is 31.0. The molecule has 1 fully saturated rings. The molecule has 5 rings (SSSR count). The number of aromatic hydroxyl groups is 1. The zero-order valence-electron chi connectivity index (χ0n) is 24.2. The van der Waals surface area contributed by atoms with E-state index in [4.69, 9.17) is 5.73 Å². The Hall–Kier alpha value is -3.42. The summed E-state index contributed by atoms with van der Waals surface area (Å²) in [5.41, 5.74) is -1.26. The van der Waals surface area contributed by atoms with Gasteiger partial charge in [-0.15, -0.1) is 0 Å². The average molecular weight is 608 g/mol. The van der Waals surface area contributed by atoms with Crippen molar-refractivity contribution >= 4 is 17.5 Å². The largest absolute Gasteiger partial charge is 0.510 e. The van der Waals surface area contributed by atoms with Gasteiger partial charge in [0.2, 0.25) is 5.78 Å². The van der Waals surface area contributed by atoms with Gasteiger partial charge in [0, 0.05) is 24.6 Å². The maximum Gasteiger partial charge on any atom is 0.417 e. The molecule has 0 aliphatic heterocycles. The van der Waals surface area contributed by atoms with E-state index in [0.29, 0.717) is 25.4 Å². The summed E-state index contributed by atoms with van der Waals surface area (Å²) in [6.45, 7) is 3.02. The van der Waals surface area contributed by atoms with Crippen molar-refractivity contribution in [2.75, 3.05) is 27.2 Å². The number of rotatable bonds is 8. The van der Waals surface area contributed by atoms with Crippen LogP contribution in [-0.2, 0) is 28.7 Å². The second-order valence-corrected chi connectivity index (χ2v) is 12.4. The molecule has 13 heteroatoms. The Labute approximate surface area is 246 Å². The number of alkyl halides is 3. The number of fused-ring (bicyclic) bond motifs is 3. The number of carbonyl (C=O) groups excluding carboxylic acids is 3. The van der Waals surface area contributed by atoms with Crippen molar-refractivity contribution in [3.05, 3.63) is 51.0 Å². The first-order valence-electron chi connectivity index (χ1n) is 14.4. The maximum atomic E-state index is 14.8. The van der Waals surface area contributed by atoms with E-state index >= 15 is 0 Å². The van der Waals surface area contributed by atoms with Gasteiger partial charge >= 0.3 is 6.18 Å². The molecule has 234 valence electrons. The lowest BCUT2D eigenvalue weighted by molar-refractivity contribution is -0.148. The van der Waals surface area contributed by atoms with Gasteiger partial charge in [-0.2, -0.15) is 13.2 Å². The van der Waals surface area contributed by atoms with Gasteiger partial charge in [-0.25, -0.2) is 0 Å². The highest BCUT2D eigenvalue weighted by Crippen LogP contribution is 2.54. The number of aliphatic hydroxyl groups excluding tert-OH is 2. The highest BCUT2D eigenvalue weighted by Gasteiger charge is 2.63. The fourth-order valence-electron chi connectivity index (χ4n) is 7.33. The number of benzene rings is 1. The molecule has 1 amide bonds. The predicted octanol–water partition coefficient (Wildman–Crippen LogP) is 2.76. The first-order chi connectivity index (χ1) is 20.0. The van der Waals surface area contributed by atoms with Gasteiger partial charge in [0.15, 0.2) is 11.4 Å². The molecular formula is C30H36F3N3O7. The van der Waals surface area contributed by atoms with E-state index in [2.05, 4.69) is 0 Å². The van der Waals surface area contributed by atoms with Gasteiger partial charge in [0.05, 0.1) is 17.2 Å². The van der Waals surface area contributed by atoms with Gasteiger partial charge in [0.25, 0.3) is 5.91 Å². The molecule has 4 aliphatic rings. The van der Waals surface area contributed by atoms with Crippen LogP contribution >= 0.6 is 0 Å². The molecule has 0 radical (unpaired) electrons. The Morgan fingerprint density at radius 2 is 1.81 bits per heavy atom. The average Bonchev–Trinajstić information content (AvgIpc) is 3.69. The summed E-state index contributed by atoms with van der Waals surface area (Å²) in [7, 11) is 2.95. The number of phenolic OH excluding ortho intramolecular Hbond substituents is 1. The number of aliphatic hydroxyl groups is 3. The Morgan fingerprint density at radius 3 is 2.35 bits per heavy atom. The van der Waals surface area contributed by atoms with E-state index in [1.807, 2.05) is 11.8 Å². The maximum absolute atomic E-state index is 14.8. The number of allylic oxidation sites excluding steroid dienone is 1. The lowest BCUT2D eigenvalue weighted by Gasteiger charge is -2.50. The lowest BCUT2D eigenvalue weighted by atomic mass is 9.58. The summed E-state index contributed by atoms with van der Waals surface area (Å²) in [4.78, 5) is 42.6. The number of hydrogen-bond acceptors (Lipinski definition) is 9. The van der Waals surface area contributed by atoms with Gasteiger partial charge in [-0.1, -0.05) is 6.92 Å². The van der Waals surface area contributed by atoms with E-state index < -0.39 is 98.7 Å². The first-order valence-corrected chi connectivity index (χ1v) is 14.4. The molecule has 0 saturated heterocycles. The Balaban J connectivity index is 1.67. The molecule has 4 aliphatic carbocycles. The van der Waals surface area contributed by atoms with Crippen LogP contribution < -0.4 is 5.73 Å². The number of likely N-dealkylation sites (N-methyl/N-ethyl adjacent to an activating group) is 1. The van der Waals surface area contributed by atoms with Crippen LogP contribution in [0, 0.1) is 17.8 Å². The highest BCUT2D eigenvalue weighted by molar-refractivity contribution is 6.24. The van der Waals surface area contributed by atoms with Crippen molar-refractivity contribution in [1.82, 2.24) is 9.80 Å². The standard InChI is InChI=1S/C30H36F3N3O7/c1-4-7-36(11-13-5-6-13)12-15-10-18(37)20-16(22(15)30(31,32)33)8-14-9-17-23(35(2)3)25(39)21(28(34)42)27(41)29(17,43)26(40)19(14)24(20)38/h10,13-14,17,23,37,39-40,43H,4-9,11-12H2,1-3H3,(H2,34,42)/t14-,17-,23-,29-/m0/s1. The normalized spacial score (nSPS) is 27.5. The molecule has 43 heavy (non-hydrogen) atoms. The van der Waals surface area contributed by atoms with E-state index in [1.165, 1.54) is 19.0 Å². The monoisotopic (exact) mass is 607 g/mol. The Bertz CT molecular complexity index is 1460. The van der Waals surface area contributed by atoms with Crippen molar-refractivity contribution in [3.8, 4) is 5.75 Å². The lowest BCUT2D eigenvalue weighted by Crippen LogP contribution is -2.63.